The van der Waals surface area contributed by atoms with E-state index < -0.39 is 11.2 Å². The molecule has 3 N–H and O–H groups in total. The fourth-order valence-corrected chi connectivity index (χ4v) is 3.59. The summed E-state index contributed by atoms with van der Waals surface area (Å²) in [4.78, 5) is 30.6. The summed E-state index contributed by atoms with van der Waals surface area (Å²) in [5.41, 5.74) is 1.34. The summed E-state index contributed by atoms with van der Waals surface area (Å²) in [6, 6.07) is 0. The molecule has 4 heterocycles. The van der Waals surface area contributed by atoms with Crippen LogP contribution in [-0.2, 0) is 0 Å². The first-order chi connectivity index (χ1) is 12.0. The van der Waals surface area contributed by atoms with Crippen molar-refractivity contribution in [1.29, 1.82) is 0 Å². The fourth-order valence-electron chi connectivity index (χ4n) is 3.59. The van der Waals surface area contributed by atoms with Gasteiger partial charge >= 0.3 is 5.69 Å². The summed E-state index contributed by atoms with van der Waals surface area (Å²) >= 11 is 0. The molecular weight excluding hydrogens is 320 g/mol. The Bertz CT molecular complexity index is 895. The number of likely N-dealkylation sites (tertiary alicyclic amines) is 1. The second kappa shape index (κ2) is 5.65. The molecule has 0 radical (unpaired) electrons. The molecule has 0 saturated carbocycles. The Balaban J connectivity index is 1.73. The van der Waals surface area contributed by atoms with Crippen molar-refractivity contribution in [2.45, 2.75) is 32.9 Å². The van der Waals surface area contributed by atoms with Gasteiger partial charge in [-0.1, -0.05) is 13.8 Å². The van der Waals surface area contributed by atoms with Crippen molar-refractivity contribution >= 4 is 5.71 Å². The topological polar surface area (TPSA) is 96.6 Å². The van der Waals surface area contributed by atoms with E-state index in [1.807, 2.05) is 23.5 Å². The minimum absolute atomic E-state index is 0.0511. The Morgan fingerprint density at radius 2 is 2.24 bits per heavy atom. The second-order valence-corrected chi connectivity index (χ2v) is 7.14. The Labute approximate surface area is 144 Å². The number of fused-ring (bicyclic) bond motifs is 1. The Kier molecular flexibility index (Phi) is 3.55. The third-order valence-corrected chi connectivity index (χ3v) is 5.41. The van der Waals surface area contributed by atoms with Gasteiger partial charge in [0.2, 0.25) is 0 Å². The zero-order valence-corrected chi connectivity index (χ0v) is 14.4. The number of nitrogens with one attached hydrogen (secondary N) is 3. The van der Waals surface area contributed by atoms with Crippen molar-refractivity contribution in [1.82, 2.24) is 25.2 Å². The van der Waals surface area contributed by atoms with Crippen molar-refractivity contribution in [3.63, 3.8) is 0 Å². The van der Waals surface area contributed by atoms with Gasteiger partial charge in [0.25, 0.3) is 5.56 Å². The lowest BCUT2D eigenvalue weighted by molar-refractivity contribution is 0.238. The molecule has 8 heteroatoms. The third-order valence-electron chi connectivity index (χ3n) is 5.41. The van der Waals surface area contributed by atoms with Crippen molar-refractivity contribution in [2.75, 3.05) is 13.1 Å². The smallest absolute Gasteiger partial charge is 0.325 e. The number of allylic oxidation sites excluding steroid dienone is 1. The summed E-state index contributed by atoms with van der Waals surface area (Å²) < 4.78 is 0. The van der Waals surface area contributed by atoms with Crippen molar-refractivity contribution < 1.29 is 0 Å². The molecule has 1 aromatic rings. The molecule has 2 unspecified atom stereocenters. The molecule has 0 bridgehead atoms. The highest BCUT2D eigenvalue weighted by Crippen LogP contribution is 2.37. The molecule has 0 aromatic carbocycles. The van der Waals surface area contributed by atoms with Crippen molar-refractivity contribution in [3.05, 3.63) is 56.8 Å². The normalized spacial score (nSPS) is 27.8. The van der Waals surface area contributed by atoms with E-state index in [0.29, 0.717) is 16.7 Å². The minimum Gasteiger partial charge on any atom is -0.371 e. The monoisotopic (exact) mass is 342 g/mol. The van der Waals surface area contributed by atoms with E-state index in [9.17, 15) is 9.59 Å². The lowest BCUT2D eigenvalue weighted by Gasteiger charge is -2.35. The van der Waals surface area contributed by atoms with Crippen molar-refractivity contribution in [3.8, 4) is 0 Å². The summed E-state index contributed by atoms with van der Waals surface area (Å²) in [7, 11) is 0. The van der Waals surface area contributed by atoms with Crippen LogP contribution in [0.3, 0.4) is 0 Å². The van der Waals surface area contributed by atoms with E-state index in [1.165, 1.54) is 6.20 Å². The summed E-state index contributed by atoms with van der Waals surface area (Å²) in [5, 5.41) is 9.67. The molecule has 2 atom stereocenters. The van der Waals surface area contributed by atoms with Gasteiger partial charge in [0.15, 0.2) is 6.17 Å². The van der Waals surface area contributed by atoms with Crippen LogP contribution in [-0.4, -0.2) is 44.8 Å². The number of hydrogen-bond donors (Lipinski definition) is 3. The van der Waals surface area contributed by atoms with E-state index in [0.717, 1.165) is 31.6 Å². The minimum atomic E-state index is -0.520. The fraction of sp³-hybridized carbons (Fsp3) is 0.471. The van der Waals surface area contributed by atoms with Gasteiger partial charge in [0.1, 0.15) is 0 Å². The quantitative estimate of drug-likeness (QED) is 0.743. The molecule has 0 spiro atoms. The van der Waals surface area contributed by atoms with Crippen LogP contribution in [0.4, 0.5) is 0 Å². The summed E-state index contributed by atoms with van der Waals surface area (Å²) in [6.45, 7) is 6.51. The Morgan fingerprint density at radius 1 is 1.40 bits per heavy atom. The molecule has 8 nitrogen and oxygen atoms in total. The van der Waals surface area contributed by atoms with E-state index in [-0.39, 0.29) is 6.17 Å². The van der Waals surface area contributed by atoms with Crippen molar-refractivity contribution in [2.24, 2.45) is 10.5 Å². The Morgan fingerprint density at radius 3 is 2.96 bits per heavy atom. The van der Waals surface area contributed by atoms with Crippen LogP contribution in [0, 0.1) is 5.41 Å². The molecule has 25 heavy (non-hydrogen) atoms. The average Bonchev–Trinajstić information content (AvgIpc) is 3.21. The zero-order chi connectivity index (χ0) is 17.6. The number of nitrogens with zero attached hydrogens (tertiary/aromatic N) is 3. The van der Waals surface area contributed by atoms with Crippen LogP contribution in [0.1, 0.15) is 32.3 Å². The molecule has 0 amide bonds. The maximum atomic E-state index is 12.2. The summed E-state index contributed by atoms with van der Waals surface area (Å²) in [6.07, 6.45) is 9.31. The van der Waals surface area contributed by atoms with E-state index >= 15 is 0 Å². The third kappa shape index (κ3) is 2.67. The number of rotatable bonds is 3. The molecule has 132 valence electrons. The first-order valence-electron chi connectivity index (χ1n) is 8.58. The number of aromatic amines is 2. The SMILES string of the molecule is CCC1(C)CCN(C2=CC(c3c[nH]c(=O)[nH]c3=O)=NN3C=CNC23)C1. The van der Waals surface area contributed by atoms with Crippen LogP contribution in [0.15, 0.2) is 45.1 Å². The van der Waals surface area contributed by atoms with Gasteiger partial charge in [0, 0.05) is 31.7 Å². The number of H-pyrrole nitrogens is 2. The predicted molar refractivity (Wildman–Crippen MR) is 94.8 cm³/mol. The lowest BCUT2D eigenvalue weighted by atomic mass is 9.87. The molecule has 1 saturated heterocycles. The highest BCUT2D eigenvalue weighted by Gasteiger charge is 2.38. The number of aromatic nitrogens is 2. The summed E-state index contributed by atoms with van der Waals surface area (Å²) in [5.74, 6) is 0. The standard InChI is InChI=1S/C17H22N6O2/c1-3-17(2)4-6-22(10-17)13-8-12(21-23-7-5-18-14(13)23)11-9-19-16(25)20-15(11)24/h5,7-9,14,18H,3-4,6,10H2,1-2H3,(H2,19,20,24,25). The number of hydrazone groups is 1. The maximum absolute atomic E-state index is 12.2. The van der Waals surface area contributed by atoms with Crippen LogP contribution >= 0.6 is 0 Å². The molecule has 1 fully saturated rings. The first-order valence-corrected chi connectivity index (χ1v) is 8.58. The maximum Gasteiger partial charge on any atom is 0.325 e. The largest absolute Gasteiger partial charge is 0.371 e. The van der Waals surface area contributed by atoms with E-state index in [1.54, 1.807) is 0 Å². The zero-order valence-electron chi connectivity index (χ0n) is 14.4. The van der Waals surface area contributed by atoms with Crippen LogP contribution in [0.2, 0.25) is 0 Å². The highest BCUT2D eigenvalue weighted by atomic mass is 16.2. The van der Waals surface area contributed by atoms with Crippen LogP contribution < -0.4 is 16.6 Å². The van der Waals surface area contributed by atoms with Gasteiger partial charge in [0.05, 0.1) is 17.0 Å². The van der Waals surface area contributed by atoms with E-state index in [4.69, 9.17) is 0 Å². The van der Waals surface area contributed by atoms with Gasteiger partial charge in [-0.3, -0.25) is 9.78 Å². The molecular formula is C17H22N6O2. The average molecular weight is 342 g/mol. The molecule has 3 aliphatic rings. The van der Waals surface area contributed by atoms with Gasteiger partial charge < -0.3 is 15.2 Å². The molecule has 0 aliphatic carbocycles. The number of hydrogen-bond acceptors (Lipinski definition) is 6. The van der Waals surface area contributed by atoms with Crippen LogP contribution in [0.5, 0.6) is 0 Å². The second-order valence-electron chi connectivity index (χ2n) is 7.14. The van der Waals surface area contributed by atoms with Gasteiger partial charge in [-0.2, -0.15) is 5.10 Å². The molecule has 1 aromatic heterocycles. The first kappa shape index (κ1) is 15.7. The highest BCUT2D eigenvalue weighted by molar-refractivity contribution is 6.09. The molecule has 4 rings (SSSR count). The van der Waals surface area contributed by atoms with Gasteiger partial charge in [-0.05, 0) is 24.3 Å². The van der Waals surface area contributed by atoms with Crippen LogP contribution in [0.25, 0.3) is 0 Å². The van der Waals surface area contributed by atoms with Gasteiger partial charge in [-0.15, -0.1) is 0 Å². The predicted octanol–water partition coefficient (Wildman–Crippen LogP) is 0.489. The molecule has 3 aliphatic heterocycles. The van der Waals surface area contributed by atoms with Gasteiger partial charge in [-0.25, -0.2) is 9.80 Å². The van der Waals surface area contributed by atoms with E-state index in [2.05, 4.69) is 39.1 Å². The Hall–Kier alpha value is -2.77. The lowest BCUT2D eigenvalue weighted by Crippen LogP contribution is -2.44.